The Bertz CT molecular complexity index is 1100. The van der Waals surface area contributed by atoms with Crippen LogP contribution in [-0.2, 0) is 13.6 Å². The molecule has 0 aliphatic heterocycles. The third-order valence-electron chi connectivity index (χ3n) is 4.66. The maximum Gasteiger partial charge on any atom is 0.252 e. The molecule has 0 aliphatic carbocycles. The van der Waals surface area contributed by atoms with Crippen molar-refractivity contribution in [3.05, 3.63) is 102 Å². The summed E-state index contributed by atoms with van der Waals surface area (Å²) in [5.41, 5.74) is 2.08. The highest BCUT2D eigenvalue weighted by Gasteiger charge is 2.22. The van der Waals surface area contributed by atoms with Crippen molar-refractivity contribution in [3.63, 3.8) is 0 Å². The standard InChI is InChI=1S/C21H19FN6O/c1-27-11-10-24-20(27)19(15-6-8-17(22)9-7-15)26-21(29)18-5-3-2-4-16(18)12-28-14-23-13-25-28/h2-11,13-14,19H,12H2,1H3,(H,26,29)/t19-/m0/s1. The highest BCUT2D eigenvalue weighted by molar-refractivity contribution is 5.96. The highest BCUT2D eigenvalue weighted by atomic mass is 19.1. The molecule has 146 valence electrons. The molecule has 29 heavy (non-hydrogen) atoms. The van der Waals surface area contributed by atoms with Crippen molar-refractivity contribution in [3.8, 4) is 0 Å². The number of nitrogens with one attached hydrogen (secondary N) is 1. The Labute approximate surface area is 166 Å². The molecule has 0 aliphatic rings. The lowest BCUT2D eigenvalue weighted by molar-refractivity contribution is 0.0940. The number of imidazole rings is 1. The van der Waals surface area contributed by atoms with Crippen LogP contribution in [0.1, 0.15) is 33.4 Å². The molecule has 0 spiro atoms. The molecule has 0 saturated carbocycles. The van der Waals surface area contributed by atoms with Crippen LogP contribution in [0.2, 0.25) is 0 Å². The van der Waals surface area contributed by atoms with Gasteiger partial charge in [0.1, 0.15) is 30.3 Å². The van der Waals surface area contributed by atoms with Crippen LogP contribution in [0.5, 0.6) is 0 Å². The Morgan fingerprint density at radius 1 is 1.17 bits per heavy atom. The summed E-state index contributed by atoms with van der Waals surface area (Å²) >= 11 is 0. The van der Waals surface area contributed by atoms with Gasteiger partial charge in [0, 0.05) is 25.0 Å². The van der Waals surface area contributed by atoms with Gasteiger partial charge in [0.25, 0.3) is 5.91 Å². The second-order valence-corrected chi connectivity index (χ2v) is 6.60. The minimum Gasteiger partial charge on any atom is -0.338 e. The predicted octanol–water partition coefficient (Wildman–Crippen LogP) is 2.72. The van der Waals surface area contributed by atoms with E-state index < -0.39 is 6.04 Å². The maximum absolute atomic E-state index is 13.4. The average molecular weight is 390 g/mol. The summed E-state index contributed by atoms with van der Waals surface area (Å²) in [7, 11) is 1.85. The first kappa shape index (κ1) is 18.5. The summed E-state index contributed by atoms with van der Waals surface area (Å²) in [5.74, 6) is 0.0635. The van der Waals surface area contributed by atoms with E-state index in [2.05, 4.69) is 20.4 Å². The van der Waals surface area contributed by atoms with Gasteiger partial charge in [-0.25, -0.2) is 19.0 Å². The lowest BCUT2D eigenvalue weighted by Gasteiger charge is -2.20. The molecule has 8 heteroatoms. The molecule has 0 radical (unpaired) electrons. The summed E-state index contributed by atoms with van der Waals surface area (Å²) in [6.07, 6.45) is 6.52. The van der Waals surface area contributed by atoms with E-state index in [1.54, 1.807) is 41.6 Å². The topological polar surface area (TPSA) is 77.6 Å². The second-order valence-electron chi connectivity index (χ2n) is 6.60. The fraction of sp³-hybridized carbons (Fsp3) is 0.143. The molecule has 1 amide bonds. The Hall–Kier alpha value is -3.81. The second kappa shape index (κ2) is 8.05. The van der Waals surface area contributed by atoms with Crippen molar-refractivity contribution in [2.24, 2.45) is 7.05 Å². The zero-order chi connectivity index (χ0) is 20.2. The van der Waals surface area contributed by atoms with Crippen LogP contribution >= 0.6 is 0 Å². The molecule has 2 aromatic carbocycles. The highest BCUT2D eigenvalue weighted by Crippen LogP contribution is 2.22. The van der Waals surface area contributed by atoms with E-state index in [-0.39, 0.29) is 11.7 Å². The Morgan fingerprint density at radius 2 is 1.97 bits per heavy atom. The van der Waals surface area contributed by atoms with Crippen molar-refractivity contribution in [2.45, 2.75) is 12.6 Å². The van der Waals surface area contributed by atoms with Crippen molar-refractivity contribution in [1.82, 2.24) is 29.6 Å². The molecule has 1 N–H and O–H groups in total. The van der Waals surface area contributed by atoms with E-state index in [9.17, 15) is 9.18 Å². The first-order valence-electron chi connectivity index (χ1n) is 9.05. The van der Waals surface area contributed by atoms with E-state index in [1.807, 2.05) is 29.8 Å². The SMILES string of the molecule is Cn1ccnc1[C@@H](NC(=O)c1ccccc1Cn1cncn1)c1ccc(F)cc1. The van der Waals surface area contributed by atoms with Gasteiger partial charge in [0.2, 0.25) is 0 Å². The number of aryl methyl sites for hydroxylation is 1. The third kappa shape index (κ3) is 4.06. The number of hydrogen-bond acceptors (Lipinski definition) is 4. The Morgan fingerprint density at radius 3 is 2.66 bits per heavy atom. The number of carbonyl (C=O) groups is 1. The van der Waals surface area contributed by atoms with Crippen molar-refractivity contribution in [1.29, 1.82) is 0 Å². The van der Waals surface area contributed by atoms with Gasteiger partial charge in [-0.1, -0.05) is 30.3 Å². The van der Waals surface area contributed by atoms with Gasteiger partial charge in [0.05, 0.1) is 6.54 Å². The van der Waals surface area contributed by atoms with Gasteiger partial charge < -0.3 is 9.88 Å². The first-order chi connectivity index (χ1) is 14.1. The summed E-state index contributed by atoms with van der Waals surface area (Å²) in [4.78, 5) is 21.5. The summed E-state index contributed by atoms with van der Waals surface area (Å²) in [5, 5.41) is 7.15. The van der Waals surface area contributed by atoms with Gasteiger partial charge in [-0.15, -0.1) is 0 Å². The predicted molar refractivity (Wildman–Crippen MR) is 104 cm³/mol. The van der Waals surface area contributed by atoms with Gasteiger partial charge in [0.15, 0.2) is 0 Å². The van der Waals surface area contributed by atoms with Gasteiger partial charge >= 0.3 is 0 Å². The number of hydrogen-bond donors (Lipinski definition) is 1. The first-order valence-corrected chi connectivity index (χ1v) is 9.05. The molecule has 0 saturated heterocycles. The normalized spacial score (nSPS) is 11.9. The molecule has 4 rings (SSSR count). The zero-order valence-corrected chi connectivity index (χ0v) is 15.7. The number of amides is 1. The van der Waals surface area contributed by atoms with Crippen LogP contribution in [-0.4, -0.2) is 30.2 Å². The lowest BCUT2D eigenvalue weighted by Crippen LogP contribution is -2.32. The van der Waals surface area contributed by atoms with Crippen molar-refractivity contribution >= 4 is 5.91 Å². The number of benzene rings is 2. The van der Waals surface area contributed by atoms with Crippen LogP contribution in [0.15, 0.2) is 73.6 Å². The van der Waals surface area contributed by atoms with E-state index in [4.69, 9.17) is 0 Å². The number of aromatic nitrogens is 5. The average Bonchev–Trinajstić information content (AvgIpc) is 3.39. The fourth-order valence-electron chi connectivity index (χ4n) is 3.18. The molecular formula is C21H19FN6O. The molecule has 0 fully saturated rings. The van der Waals surface area contributed by atoms with Crippen LogP contribution in [0.25, 0.3) is 0 Å². The maximum atomic E-state index is 13.4. The minimum atomic E-state index is -0.525. The van der Waals surface area contributed by atoms with Gasteiger partial charge in [-0.3, -0.25) is 4.79 Å². The number of nitrogens with zero attached hydrogens (tertiary/aromatic N) is 5. The van der Waals surface area contributed by atoms with Gasteiger partial charge in [-0.2, -0.15) is 5.10 Å². The molecular weight excluding hydrogens is 371 g/mol. The van der Waals surface area contributed by atoms with Crippen molar-refractivity contribution in [2.75, 3.05) is 0 Å². The van der Waals surface area contributed by atoms with E-state index in [0.717, 1.165) is 11.1 Å². The summed E-state index contributed by atoms with van der Waals surface area (Å²) in [6, 6.07) is 12.8. The summed E-state index contributed by atoms with van der Waals surface area (Å²) in [6.45, 7) is 0.424. The fourth-order valence-corrected chi connectivity index (χ4v) is 3.18. The molecule has 0 bridgehead atoms. The number of halogens is 1. The molecule has 0 unspecified atom stereocenters. The van der Waals surface area contributed by atoms with E-state index >= 15 is 0 Å². The molecule has 4 aromatic rings. The molecule has 2 heterocycles. The molecule has 2 aromatic heterocycles. The Kier molecular flexibility index (Phi) is 5.15. The van der Waals surface area contributed by atoms with E-state index in [0.29, 0.717) is 17.9 Å². The quantitative estimate of drug-likeness (QED) is 0.549. The number of carbonyl (C=O) groups excluding carboxylic acids is 1. The van der Waals surface area contributed by atoms with Crippen LogP contribution in [0.3, 0.4) is 0 Å². The van der Waals surface area contributed by atoms with Crippen LogP contribution < -0.4 is 5.32 Å². The van der Waals surface area contributed by atoms with E-state index in [1.165, 1.54) is 18.5 Å². The molecule has 1 atom stereocenters. The van der Waals surface area contributed by atoms with Crippen LogP contribution in [0, 0.1) is 5.82 Å². The summed E-state index contributed by atoms with van der Waals surface area (Å²) < 4.78 is 16.9. The Balaban J connectivity index is 1.65. The third-order valence-corrected chi connectivity index (χ3v) is 4.66. The smallest absolute Gasteiger partial charge is 0.252 e. The lowest BCUT2D eigenvalue weighted by atomic mass is 10.0. The zero-order valence-electron chi connectivity index (χ0n) is 15.7. The number of rotatable bonds is 6. The monoisotopic (exact) mass is 390 g/mol. The van der Waals surface area contributed by atoms with Crippen molar-refractivity contribution < 1.29 is 9.18 Å². The van der Waals surface area contributed by atoms with Crippen LogP contribution in [0.4, 0.5) is 4.39 Å². The molecule has 7 nitrogen and oxygen atoms in total. The largest absolute Gasteiger partial charge is 0.338 e. The minimum absolute atomic E-state index is 0.252. The van der Waals surface area contributed by atoms with Gasteiger partial charge in [-0.05, 0) is 29.3 Å².